The minimum atomic E-state index is -0.546. The number of morpholine rings is 1. The summed E-state index contributed by atoms with van der Waals surface area (Å²) in [6.07, 6.45) is -0.0426. The van der Waals surface area contributed by atoms with E-state index in [-0.39, 0.29) is 24.7 Å². The molecule has 0 N–H and O–H groups in total. The average molecular weight is 346 g/mol. The van der Waals surface area contributed by atoms with Gasteiger partial charge in [0.05, 0.1) is 23.3 Å². The Hall–Kier alpha value is -2.48. The van der Waals surface area contributed by atoms with Gasteiger partial charge in [0.1, 0.15) is 5.52 Å². The molecule has 0 radical (unpaired) electrons. The van der Waals surface area contributed by atoms with Gasteiger partial charge in [-0.15, -0.1) is 5.10 Å². The molecular formula is C17H22N4O4. The van der Waals surface area contributed by atoms with Crippen LogP contribution in [-0.4, -0.2) is 63.7 Å². The monoisotopic (exact) mass is 346 g/mol. The van der Waals surface area contributed by atoms with Crippen LogP contribution in [0.25, 0.3) is 11.0 Å². The molecule has 0 aliphatic carbocycles. The Balaban J connectivity index is 1.61. The summed E-state index contributed by atoms with van der Waals surface area (Å²) < 4.78 is 12.5. The molecule has 134 valence electrons. The van der Waals surface area contributed by atoms with Crippen molar-refractivity contribution in [1.29, 1.82) is 0 Å². The molecular weight excluding hydrogens is 324 g/mol. The molecule has 0 bridgehead atoms. The predicted octanol–water partition coefficient (Wildman–Crippen LogP) is 1.24. The molecule has 2 atom stereocenters. The Morgan fingerprint density at radius 2 is 2.00 bits per heavy atom. The van der Waals surface area contributed by atoms with E-state index in [4.69, 9.17) is 9.47 Å². The number of carbonyl (C=O) groups is 2. The number of aryl methyl sites for hydroxylation is 1. The minimum absolute atomic E-state index is 0.0213. The number of nitrogens with zero attached hydrogens (tertiary/aromatic N) is 4. The van der Waals surface area contributed by atoms with Crippen molar-refractivity contribution < 1.29 is 19.1 Å². The van der Waals surface area contributed by atoms with Crippen molar-refractivity contribution in [2.75, 3.05) is 19.7 Å². The maximum Gasteiger partial charge on any atom is 0.338 e. The third-order valence-electron chi connectivity index (χ3n) is 4.15. The highest BCUT2D eigenvalue weighted by atomic mass is 16.5. The normalized spacial score (nSPS) is 20.7. The number of esters is 1. The van der Waals surface area contributed by atoms with Crippen molar-refractivity contribution in [2.24, 2.45) is 0 Å². The number of aromatic nitrogens is 3. The highest BCUT2D eigenvalue weighted by Gasteiger charge is 2.26. The van der Waals surface area contributed by atoms with Gasteiger partial charge in [0.2, 0.25) is 0 Å². The fourth-order valence-corrected chi connectivity index (χ4v) is 3.02. The summed E-state index contributed by atoms with van der Waals surface area (Å²) in [4.78, 5) is 26.1. The number of ether oxygens (including phenoxy) is 2. The van der Waals surface area contributed by atoms with Gasteiger partial charge >= 0.3 is 5.97 Å². The van der Waals surface area contributed by atoms with Crippen LogP contribution in [-0.2, 0) is 20.8 Å². The average Bonchev–Trinajstić information content (AvgIpc) is 3.00. The second-order valence-corrected chi connectivity index (χ2v) is 6.24. The van der Waals surface area contributed by atoms with Crippen molar-refractivity contribution in [3.05, 3.63) is 23.8 Å². The first-order chi connectivity index (χ1) is 12.0. The number of hydrogen-bond acceptors (Lipinski definition) is 6. The van der Waals surface area contributed by atoms with Gasteiger partial charge < -0.3 is 14.4 Å². The molecule has 25 heavy (non-hydrogen) atoms. The molecule has 1 amide bonds. The quantitative estimate of drug-likeness (QED) is 0.774. The molecule has 8 heteroatoms. The highest BCUT2D eigenvalue weighted by Crippen LogP contribution is 2.15. The van der Waals surface area contributed by atoms with Crippen LogP contribution in [0.2, 0.25) is 0 Å². The summed E-state index contributed by atoms with van der Waals surface area (Å²) in [6, 6.07) is 5.06. The Labute approximate surface area is 145 Å². The van der Waals surface area contributed by atoms with E-state index in [9.17, 15) is 9.59 Å². The molecule has 0 unspecified atom stereocenters. The largest absolute Gasteiger partial charge is 0.452 e. The second-order valence-electron chi connectivity index (χ2n) is 6.24. The molecule has 1 aliphatic rings. The smallest absolute Gasteiger partial charge is 0.338 e. The predicted molar refractivity (Wildman–Crippen MR) is 90.1 cm³/mol. The molecule has 1 fully saturated rings. The Bertz CT molecular complexity index is 778. The van der Waals surface area contributed by atoms with Crippen molar-refractivity contribution in [1.82, 2.24) is 19.9 Å². The third-order valence-corrected chi connectivity index (χ3v) is 4.15. The fraction of sp³-hybridized carbons (Fsp3) is 0.529. The number of rotatable bonds is 4. The van der Waals surface area contributed by atoms with Crippen molar-refractivity contribution >= 4 is 22.9 Å². The van der Waals surface area contributed by atoms with Crippen molar-refractivity contribution in [3.63, 3.8) is 0 Å². The van der Waals surface area contributed by atoms with Gasteiger partial charge in [0.25, 0.3) is 5.91 Å². The maximum atomic E-state index is 12.2. The molecule has 1 aromatic heterocycles. The van der Waals surface area contributed by atoms with E-state index >= 15 is 0 Å². The zero-order valence-corrected chi connectivity index (χ0v) is 14.6. The van der Waals surface area contributed by atoms with E-state index < -0.39 is 5.97 Å². The van der Waals surface area contributed by atoms with Crippen LogP contribution in [0.1, 0.15) is 31.1 Å². The first-order valence-electron chi connectivity index (χ1n) is 8.41. The molecule has 1 aliphatic heterocycles. The third kappa shape index (κ3) is 3.79. The number of amides is 1. The summed E-state index contributed by atoms with van der Waals surface area (Å²) in [6.45, 7) is 7.24. The van der Waals surface area contributed by atoms with Crippen molar-refractivity contribution in [3.8, 4) is 0 Å². The summed E-state index contributed by atoms with van der Waals surface area (Å²) in [5.41, 5.74) is 1.83. The Morgan fingerprint density at radius 3 is 2.68 bits per heavy atom. The van der Waals surface area contributed by atoms with Gasteiger partial charge in [0.15, 0.2) is 6.61 Å². The van der Waals surface area contributed by atoms with Gasteiger partial charge in [-0.3, -0.25) is 4.79 Å². The molecule has 1 aromatic carbocycles. The summed E-state index contributed by atoms with van der Waals surface area (Å²) in [7, 11) is 0. The van der Waals surface area contributed by atoms with Crippen LogP contribution < -0.4 is 0 Å². The topological polar surface area (TPSA) is 86.6 Å². The first kappa shape index (κ1) is 17.3. The van der Waals surface area contributed by atoms with E-state index in [1.807, 2.05) is 20.8 Å². The summed E-state index contributed by atoms with van der Waals surface area (Å²) in [5, 5.41) is 8.04. The summed E-state index contributed by atoms with van der Waals surface area (Å²) in [5.74, 6) is -0.760. The van der Waals surface area contributed by atoms with Gasteiger partial charge in [-0.25, -0.2) is 9.48 Å². The van der Waals surface area contributed by atoms with Gasteiger partial charge in [0, 0.05) is 19.6 Å². The van der Waals surface area contributed by atoms with Crippen molar-refractivity contribution in [2.45, 2.75) is 39.5 Å². The maximum absolute atomic E-state index is 12.2. The van der Waals surface area contributed by atoms with E-state index in [0.717, 1.165) is 5.52 Å². The van der Waals surface area contributed by atoms with Crippen LogP contribution in [0.5, 0.6) is 0 Å². The lowest BCUT2D eigenvalue weighted by Gasteiger charge is -2.35. The van der Waals surface area contributed by atoms with Gasteiger partial charge in [-0.1, -0.05) is 5.21 Å². The van der Waals surface area contributed by atoms with Crippen LogP contribution in [0.3, 0.4) is 0 Å². The fourth-order valence-electron chi connectivity index (χ4n) is 3.02. The highest BCUT2D eigenvalue weighted by molar-refractivity contribution is 5.94. The SMILES string of the molecule is CCn1nnc2cc(C(=O)OCC(=O)N3C[C@@H](C)O[C@H](C)C3)ccc21. The number of hydrogen-bond donors (Lipinski definition) is 0. The molecule has 2 heterocycles. The second kappa shape index (κ2) is 7.18. The zero-order valence-electron chi connectivity index (χ0n) is 14.6. The lowest BCUT2D eigenvalue weighted by atomic mass is 10.2. The lowest BCUT2D eigenvalue weighted by molar-refractivity contribution is -0.146. The molecule has 2 aromatic rings. The van der Waals surface area contributed by atoms with Crippen LogP contribution >= 0.6 is 0 Å². The van der Waals surface area contributed by atoms with E-state index in [0.29, 0.717) is 30.7 Å². The Kier molecular flexibility index (Phi) is 4.98. The standard InChI is InChI=1S/C17H22N4O4/c1-4-21-15-6-5-13(7-14(15)18-19-21)17(23)24-10-16(22)20-8-11(2)25-12(3)9-20/h5-7,11-12H,4,8-10H2,1-3H3/t11-,12-/m1/s1. The number of carbonyl (C=O) groups excluding carboxylic acids is 2. The van der Waals surface area contributed by atoms with E-state index in [2.05, 4.69) is 10.3 Å². The molecule has 3 rings (SSSR count). The van der Waals surface area contributed by atoms with E-state index in [1.54, 1.807) is 27.8 Å². The van der Waals surface area contributed by atoms with Crippen LogP contribution in [0.4, 0.5) is 0 Å². The molecule has 1 saturated heterocycles. The number of fused-ring (bicyclic) bond motifs is 1. The van der Waals surface area contributed by atoms with Crippen LogP contribution in [0.15, 0.2) is 18.2 Å². The lowest BCUT2D eigenvalue weighted by Crippen LogP contribution is -2.49. The molecule has 0 spiro atoms. The van der Waals surface area contributed by atoms with Gasteiger partial charge in [-0.05, 0) is 39.0 Å². The van der Waals surface area contributed by atoms with E-state index in [1.165, 1.54) is 0 Å². The minimum Gasteiger partial charge on any atom is -0.452 e. The zero-order chi connectivity index (χ0) is 18.0. The van der Waals surface area contributed by atoms with Gasteiger partial charge in [-0.2, -0.15) is 0 Å². The first-order valence-corrected chi connectivity index (χ1v) is 8.41. The molecule has 8 nitrogen and oxygen atoms in total. The van der Waals surface area contributed by atoms with Crippen LogP contribution in [0, 0.1) is 0 Å². The Morgan fingerprint density at radius 1 is 1.28 bits per heavy atom. The number of benzene rings is 1. The summed E-state index contributed by atoms with van der Waals surface area (Å²) >= 11 is 0. The molecule has 0 saturated carbocycles.